The molecule has 3 aromatic heterocycles. The Balaban J connectivity index is 1.67. The number of fused-ring (bicyclic) bond motifs is 1. The molecule has 186 valence electrons. The van der Waals surface area contributed by atoms with Crippen molar-refractivity contribution >= 4 is 17.3 Å². The maximum absolute atomic E-state index is 14.1. The van der Waals surface area contributed by atoms with E-state index in [2.05, 4.69) is 15.3 Å². The summed E-state index contributed by atoms with van der Waals surface area (Å²) in [5.41, 5.74) is 4.30. The second-order valence-electron chi connectivity index (χ2n) is 8.60. The summed E-state index contributed by atoms with van der Waals surface area (Å²) in [6.07, 6.45) is 0. The third-order valence-corrected chi connectivity index (χ3v) is 6.24. The first-order valence-corrected chi connectivity index (χ1v) is 12.0. The van der Waals surface area contributed by atoms with Crippen LogP contribution in [0.25, 0.3) is 39.2 Å². The number of hydrogen-bond donors (Lipinski definition) is 2. The standard InChI is InChI=1S/C30H22FN5O2/c1-38-22-17-15-20(16-18-22)26-28(33-24-14-8-13-23(31)32-24)34-29-25(19-9-4-2-5-10-19)27(35-36(29)30(26)37)21-11-6-3-7-12-21/h2-18,34H,1H3,(H,32,33). The van der Waals surface area contributed by atoms with Gasteiger partial charge in [0.1, 0.15) is 28.7 Å². The summed E-state index contributed by atoms with van der Waals surface area (Å²) in [5.74, 6) is 0.640. The van der Waals surface area contributed by atoms with Crippen LogP contribution in [0.15, 0.2) is 108 Å². The molecule has 0 fully saturated rings. The fourth-order valence-corrected chi connectivity index (χ4v) is 4.48. The van der Waals surface area contributed by atoms with Crippen molar-refractivity contribution in [2.75, 3.05) is 12.4 Å². The Bertz CT molecular complexity index is 1800. The van der Waals surface area contributed by atoms with E-state index in [9.17, 15) is 9.18 Å². The second-order valence-corrected chi connectivity index (χ2v) is 8.60. The number of ether oxygens (including phenoxy) is 1. The molecule has 6 rings (SSSR count). The van der Waals surface area contributed by atoms with Crippen molar-refractivity contribution in [2.45, 2.75) is 0 Å². The van der Waals surface area contributed by atoms with Crippen LogP contribution in [0, 0.1) is 5.95 Å². The average Bonchev–Trinajstić information content (AvgIpc) is 3.34. The molecule has 2 N–H and O–H groups in total. The molecule has 0 unspecified atom stereocenters. The molecule has 38 heavy (non-hydrogen) atoms. The predicted molar refractivity (Wildman–Crippen MR) is 146 cm³/mol. The van der Waals surface area contributed by atoms with Crippen molar-refractivity contribution in [3.63, 3.8) is 0 Å². The molecule has 7 nitrogen and oxygen atoms in total. The van der Waals surface area contributed by atoms with Crippen molar-refractivity contribution in [3.8, 4) is 39.3 Å². The summed E-state index contributed by atoms with van der Waals surface area (Å²) in [4.78, 5) is 21.4. The van der Waals surface area contributed by atoms with Crippen LogP contribution in [-0.2, 0) is 0 Å². The van der Waals surface area contributed by atoms with E-state index in [0.29, 0.717) is 34.0 Å². The molecule has 0 radical (unpaired) electrons. The third-order valence-electron chi connectivity index (χ3n) is 6.24. The van der Waals surface area contributed by atoms with Gasteiger partial charge in [-0.3, -0.25) is 4.79 Å². The van der Waals surface area contributed by atoms with E-state index >= 15 is 0 Å². The second kappa shape index (κ2) is 9.67. The van der Waals surface area contributed by atoms with Gasteiger partial charge in [-0.05, 0) is 35.4 Å². The number of aromatic nitrogens is 4. The maximum Gasteiger partial charge on any atom is 0.284 e. The quantitative estimate of drug-likeness (QED) is 0.260. The van der Waals surface area contributed by atoms with Gasteiger partial charge in [0.2, 0.25) is 5.95 Å². The Kier molecular flexibility index (Phi) is 5.89. The van der Waals surface area contributed by atoms with E-state index in [1.54, 1.807) is 43.5 Å². The van der Waals surface area contributed by atoms with Gasteiger partial charge in [0.05, 0.1) is 18.2 Å². The maximum atomic E-state index is 14.1. The number of anilines is 2. The lowest BCUT2D eigenvalue weighted by atomic mass is 10.0. The predicted octanol–water partition coefficient (Wildman–Crippen LogP) is 6.31. The lowest BCUT2D eigenvalue weighted by molar-refractivity contribution is 0.415. The van der Waals surface area contributed by atoms with Gasteiger partial charge >= 0.3 is 0 Å². The fourth-order valence-electron chi connectivity index (χ4n) is 4.48. The van der Waals surface area contributed by atoms with Crippen molar-refractivity contribution in [3.05, 3.63) is 119 Å². The van der Waals surface area contributed by atoms with Gasteiger partial charge in [-0.2, -0.15) is 14.0 Å². The SMILES string of the molecule is COc1ccc(-c2c(Nc3cccc(F)n3)[nH]c3c(-c4ccccc4)c(-c4ccccc4)nn3c2=O)cc1. The summed E-state index contributed by atoms with van der Waals surface area (Å²) in [7, 11) is 1.58. The minimum Gasteiger partial charge on any atom is -0.497 e. The highest BCUT2D eigenvalue weighted by Crippen LogP contribution is 2.36. The van der Waals surface area contributed by atoms with Gasteiger partial charge in [0.15, 0.2) is 0 Å². The molecule has 0 bridgehead atoms. The van der Waals surface area contributed by atoms with Crippen molar-refractivity contribution in [1.29, 1.82) is 0 Å². The van der Waals surface area contributed by atoms with E-state index in [0.717, 1.165) is 16.7 Å². The number of pyridine rings is 1. The van der Waals surface area contributed by atoms with Crippen LogP contribution in [0.3, 0.4) is 0 Å². The first-order valence-electron chi connectivity index (χ1n) is 12.0. The Morgan fingerprint density at radius 1 is 0.789 bits per heavy atom. The molecule has 0 aliphatic carbocycles. The number of halogens is 1. The molecule has 0 aliphatic rings. The molecule has 0 saturated carbocycles. The Labute approximate surface area is 217 Å². The minimum atomic E-state index is -0.634. The molecule has 0 aliphatic heterocycles. The first kappa shape index (κ1) is 23.2. The van der Waals surface area contributed by atoms with Gasteiger partial charge in [-0.15, -0.1) is 0 Å². The molecular weight excluding hydrogens is 481 g/mol. The Hall–Kier alpha value is -5.24. The molecule has 3 heterocycles. The van der Waals surface area contributed by atoms with Gasteiger partial charge in [0, 0.05) is 5.56 Å². The van der Waals surface area contributed by atoms with Crippen molar-refractivity contribution < 1.29 is 9.13 Å². The lowest BCUT2D eigenvalue weighted by Gasteiger charge is -2.13. The summed E-state index contributed by atoms with van der Waals surface area (Å²) in [6.45, 7) is 0. The van der Waals surface area contributed by atoms with Crippen LogP contribution in [-0.4, -0.2) is 26.7 Å². The van der Waals surface area contributed by atoms with E-state index in [1.165, 1.54) is 10.6 Å². The number of methoxy groups -OCH3 is 1. The van der Waals surface area contributed by atoms with Gasteiger partial charge in [-0.1, -0.05) is 78.9 Å². The number of nitrogens with zero attached hydrogens (tertiary/aromatic N) is 3. The average molecular weight is 504 g/mol. The van der Waals surface area contributed by atoms with Crippen LogP contribution in [0.5, 0.6) is 5.75 Å². The fraction of sp³-hybridized carbons (Fsp3) is 0.0333. The zero-order valence-electron chi connectivity index (χ0n) is 20.4. The number of aromatic amines is 1. The van der Waals surface area contributed by atoms with Gasteiger partial charge in [0.25, 0.3) is 5.56 Å². The third kappa shape index (κ3) is 4.18. The zero-order chi connectivity index (χ0) is 26.1. The van der Waals surface area contributed by atoms with E-state index in [1.807, 2.05) is 60.7 Å². The van der Waals surface area contributed by atoms with Gasteiger partial charge in [-0.25, -0.2) is 4.98 Å². The van der Waals surface area contributed by atoms with Crippen LogP contribution in [0.2, 0.25) is 0 Å². The highest BCUT2D eigenvalue weighted by Gasteiger charge is 2.23. The first-order chi connectivity index (χ1) is 18.6. The molecule has 6 aromatic rings. The topological polar surface area (TPSA) is 84.3 Å². The number of hydrogen-bond acceptors (Lipinski definition) is 5. The zero-order valence-corrected chi connectivity index (χ0v) is 20.4. The number of nitrogens with one attached hydrogen (secondary N) is 2. The summed E-state index contributed by atoms with van der Waals surface area (Å²) in [6, 6.07) is 31.0. The highest BCUT2D eigenvalue weighted by atomic mass is 19.1. The molecule has 0 spiro atoms. The van der Waals surface area contributed by atoms with E-state index in [-0.39, 0.29) is 11.4 Å². The summed E-state index contributed by atoms with van der Waals surface area (Å²) < 4.78 is 20.6. The van der Waals surface area contributed by atoms with E-state index in [4.69, 9.17) is 9.84 Å². The van der Waals surface area contributed by atoms with E-state index < -0.39 is 5.95 Å². The molecular formula is C30H22FN5O2. The van der Waals surface area contributed by atoms with Crippen LogP contribution < -0.4 is 15.6 Å². The molecule has 0 saturated heterocycles. The van der Waals surface area contributed by atoms with Crippen LogP contribution in [0.1, 0.15) is 0 Å². The Morgan fingerprint density at radius 3 is 2.11 bits per heavy atom. The smallest absolute Gasteiger partial charge is 0.284 e. The monoisotopic (exact) mass is 503 g/mol. The molecule has 8 heteroatoms. The molecule has 3 aromatic carbocycles. The normalized spacial score (nSPS) is 11.0. The summed E-state index contributed by atoms with van der Waals surface area (Å²) in [5, 5.41) is 7.91. The Morgan fingerprint density at radius 2 is 1.45 bits per heavy atom. The lowest BCUT2D eigenvalue weighted by Crippen LogP contribution is -2.20. The number of rotatable bonds is 6. The number of benzene rings is 3. The van der Waals surface area contributed by atoms with Gasteiger partial charge < -0.3 is 15.0 Å². The van der Waals surface area contributed by atoms with Crippen molar-refractivity contribution in [2.24, 2.45) is 0 Å². The molecule has 0 amide bonds. The highest BCUT2D eigenvalue weighted by molar-refractivity contribution is 5.92. The minimum absolute atomic E-state index is 0.254. The van der Waals surface area contributed by atoms with Crippen molar-refractivity contribution in [1.82, 2.24) is 19.6 Å². The van der Waals surface area contributed by atoms with Crippen LogP contribution in [0.4, 0.5) is 16.0 Å². The largest absolute Gasteiger partial charge is 0.497 e. The summed E-state index contributed by atoms with van der Waals surface area (Å²) >= 11 is 0. The number of H-pyrrole nitrogens is 1. The van der Waals surface area contributed by atoms with Crippen LogP contribution >= 0.6 is 0 Å². The molecule has 0 atom stereocenters.